The van der Waals surface area contributed by atoms with Gasteiger partial charge in [0.2, 0.25) is 0 Å². The Balaban J connectivity index is 2.41. The highest BCUT2D eigenvalue weighted by Gasteiger charge is 2.42. The van der Waals surface area contributed by atoms with Crippen LogP contribution in [-0.2, 0) is 19.1 Å². The zero-order valence-electron chi connectivity index (χ0n) is 9.82. The predicted molar refractivity (Wildman–Crippen MR) is 56.6 cm³/mol. The summed E-state index contributed by atoms with van der Waals surface area (Å²) >= 11 is 0. The summed E-state index contributed by atoms with van der Waals surface area (Å²) in [5.74, 6) is -3.30. The Kier molecular flexibility index (Phi) is 3.93. The van der Waals surface area contributed by atoms with Gasteiger partial charge in [0.1, 0.15) is 0 Å². The average Bonchev–Trinajstić information content (AvgIpc) is 2.12. The molecule has 0 bridgehead atoms. The van der Waals surface area contributed by atoms with Crippen molar-refractivity contribution in [3.63, 3.8) is 0 Å². The van der Waals surface area contributed by atoms with Gasteiger partial charge in [0.15, 0.2) is 5.92 Å². The van der Waals surface area contributed by atoms with Crippen LogP contribution >= 0.6 is 0 Å². The number of amides is 2. The van der Waals surface area contributed by atoms with Crippen molar-refractivity contribution in [2.45, 2.75) is 32.5 Å². The molecule has 96 valence electrons. The molecule has 0 aromatic carbocycles. The number of rotatable bonds is 4. The molecule has 0 aliphatic carbocycles. The third-order valence-corrected chi connectivity index (χ3v) is 2.23. The quantitative estimate of drug-likeness (QED) is 0.407. The highest BCUT2D eigenvalue weighted by Crippen LogP contribution is 2.25. The minimum atomic E-state index is -1.20. The lowest BCUT2D eigenvalue weighted by molar-refractivity contribution is -0.240. The van der Waals surface area contributed by atoms with Crippen molar-refractivity contribution < 1.29 is 23.9 Å². The van der Waals surface area contributed by atoms with Crippen molar-refractivity contribution in [3.05, 3.63) is 0 Å². The first kappa shape index (κ1) is 13.3. The van der Waals surface area contributed by atoms with E-state index in [1.165, 1.54) is 13.8 Å². The van der Waals surface area contributed by atoms with E-state index >= 15 is 0 Å². The molecule has 7 heteroatoms. The molecule has 1 fully saturated rings. The minimum absolute atomic E-state index is 0.258. The Morgan fingerprint density at radius 1 is 1.35 bits per heavy atom. The van der Waals surface area contributed by atoms with Crippen LogP contribution < -0.4 is 11.1 Å². The van der Waals surface area contributed by atoms with Crippen LogP contribution in [0.3, 0.4) is 0 Å². The van der Waals surface area contributed by atoms with E-state index in [1.54, 1.807) is 0 Å². The standard InChI is InChI=1S/C10H16N2O5/c1-10(2)16-7(13)6(8(14)17-10)4-3-5-12-9(11)15/h6H,3-5H2,1-2H3,(H3,11,12,15). The van der Waals surface area contributed by atoms with Crippen molar-refractivity contribution in [1.82, 2.24) is 5.32 Å². The van der Waals surface area contributed by atoms with E-state index in [4.69, 9.17) is 15.2 Å². The predicted octanol–water partition coefficient (Wildman–Crippen LogP) is -0.113. The van der Waals surface area contributed by atoms with Gasteiger partial charge in [0, 0.05) is 20.4 Å². The van der Waals surface area contributed by atoms with Crippen LogP contribution in [0.1, 0.15) is 26.7 Å². The summed E-state index contributed by atoms with van der Waals surface area (Å²) < 4.78 is 9.88. The van der Waals surface area contributed by atoms with Gasteiger partial charge in [-0.3, -0.25) is 9.59 Å². The van der Waals surface area contributed by atoms with Crippen LogP contribution in [-0.4, -0.2) is 30.3 Å². The number of carbonyl (C=O) groups excluding carboxylic acids is 3. The molecule has 1 saturated heterocycles. The van der Waals surface area contributed by atoms with Gasteiger partial charge in [-0.05, 0) is 12.8 Å². The largest absolute Gasteiger partial charge is 0.422 e. The van der Waals surface area contributed by atoms with Crippen LogP contribution in [0.5, 0.6) is 0 Å². The second-order valence-corrected chi connectivity index (χ2v) is 4.23. The molecule has 3 N–H and O–H groups in total. The zero-order valence-corrected chi connectivity index (χ0v) is 9.82. The molecule has 0 saturated carbocycles. The molecule has 2 amide bonds. The van der Waals surface area contributed by atoms with E-state index in [1.807, 2.05) is 0 Å². The van der Waals surface area contributed by atoms with Gasteiger partial charge in [0.25, 0.3) is 5.79 Å². The maximum atomic E-state index is 11.5. The Morgan fingerprint density at radius 2 is 1.88 bits per heavy atom. The van der Waals surface area contributed by atoms with Crippen LogP contribution in [0, 0.1) is 5.92 Å². The number of nitrogens with one attached hydrogen (secondary N) is 1. The second kappa shape index (κ2) is 5.03. The average molecular weight is 244 g/mol. The molecule has 7 nitrogen and oxygen atoms in total. The number of esters is 2. The summed E-state index contributed by atoms with van der Waals surface area (Å²) in [6, 6.07) is -0.639. The number of nitrogens with two attached hydrogens (primary N) is 1. The first-order valence-corrected chi connectivity index (χ1v) is 5.31. The van der Waals surface area contributed by atoms with Gasteiger partial charge in [-0.25, -0.2) is 4.79 Å². The molecule has 0 spiro atoms. The molecule has 1 aliphatic rings. The first-order valence-electron chi connectivity index (χ1n) is 5.31. The number of cyclic esters (lactones) is 2. The number of urea groups is 1. The lowest BCUT2D eigenvalue weighted by atomic mass is 10.0. The Bertz CT molecular complexity index is 320. The zero-order chi connectivity index (χ0) is 13.1. The van der Waals surface area contributed by atoms with E-state index in [-0.39, 0.29) is 6.42 Å². The molecular weight excluding hydrogens is 228 g/mol. The van der Waals surface area contributed by atoms with Gasteiger partial charge in [-0.15, -0.1) is 0 Å². The Morgan fingerprint density at radius 3 is 2.35 bits per heavy atom. The maximum absolute atomic E-state index is 11.5. The summed E-state index contributed by atoms with van der Waals surface area (Å²) in [5.41, 5.74) is 4.87. The first-order chi connectivity index (χ1) is 7.82. The summed E-state index contributed by atoms with van der Waals surface area (Å²) in [7, 11) is 0. The summed E-state index contributed by atoms with van der Waals surface area (Å²) in [4.78, 5) is 33.4. The molecule has 0 aromatic rings. The second-order valence-electron chi connectivity index (χ2n) is 4.23. The fourth-order valence-electron chi connectivity index (χ4n) is 1.50. The van der Waals surface area contributed by atoms with Crippen molar-refractivity contribution in [2.24, 2.45) is 11.7 Å². The monoisotopic (exact) mass is 244 g/mol. The number of carbonyl (C=O) groups is 3. The fourth-order valence-corrected chi connectivity index (χ4v) is 1.50. The van der Waals surface area contributed by atoms with Crippen molar-refractivity contribution in [3.8, 4) is 0 Å². The van der Waals surface area contributed by atoms with Crippen molar-refractivity contribution in [1.29, 1.82) is 0 Å². The summed E-state index contributed by atoms with van der Waals surface area (Å²) in [6.07, 6.45) is 0.701. The number of ether oxygens (including phenoxy) is 2. The molecule has 0 atom stereocenters. The third kappa shape index (κ3) is 3.93. The third-order valence-electron chi connectivity index (χ3n) is 2.23. The van der Waals surface area contributed by atoms with Gasteiger partial charge in [-0.2, -0.15) is 0 Å². The van der Waals surface area contributed by atoms with E-state index in [0.717, 1.165) is 0 Å². The highest BCUT2D eigenvalue weighted by atomic mass is 16.7. The van der Waals surface area contributed by atoms with E-state index in [2.05, 4.69) is 5.32 Å². The Hall–Kier alpha value is -1.79. The molecule has 0 unspecified atom stereocenters. The number of hydrogen-bond donors (Lipinski definition) is 2. The maximum Gasteiger partial charge on any atom is 0.323 e. The Labute approximate surface area is 98.6 Å². The molecular formula is C10H16N2O5. The molecule has 1 heterocycles. The lowest BCUT2D eigenvalue weighted by Crippen LogP contribution is -2.46. The van der Waals surface area contributed by atoms with Crippen LogP contribution in [0.4, 0.5) is 4.79 Å². The summed E-state index contributed by atoms with van der Waals surface area (Å²) in [6.45, 7) is 3.29. The van der Waals surface area contributed by atoms with Gasteiger partial charge < -0.3 is 20.5 Å². The van der Waals surface area contributed by atoms with Gasteiger partial charge in [-0.1, -0.05) is 0 Å². The molecule has 1 aliphatic heterocycles. The fraction of sp³-hybridized carbons (Fsp3) is 0.700. The number of primary amides is 1. The van der Waals surface area contributed by atoms with E-state index in [0.29, 0.717) is 13.0 Å². The topological polar surface area (TPSA) is 108 Å². The van der Waals surface area contributed by atoms with E-state index in [9.17, 15) is 14.4 Å². The number of hydrogen-bond acceptors (Lipinski definition) is 5. The smallest absolute Gasteiger partial charge is 0.323 e. The normalized spacial score (nSPS) is 19.4. The molecule has 0 radical (unpaired) electrons. The molecule has 1 rings (SSSR count). The van der Waals surface area contributed by atoms with Crippen LogP contribution in [0.2, 0.25) is 0 Å². The van der Waals surface area contributed by atoms with Crippen molar-refractivity contribution >= 4 is 18.0 Å². The van der Waals surface area contributed by atoms with Crippen LogP contribution in [0.25, 0.3) is 0 Å². The van der Waals surface area contributed by atoms with Gasteiger partial charge >= 0.3 is 18.0 Å². The van der Waals surface area contributed by atoms with Gasteiger partial charge in [0.05, 0.1) is 0 Å². The lowest BCUT2D eigenvalue weighted by Gasteiger charge is -2.32. The molecule has 0 aromatic heterocycles. The SMILES string of the molecule is CC1(C)OC(=O)C(CCCNC(N)=O)C(=O)O1. The minimum Gasteiger partial charge on any atom is -0.422 e. The summed E-state index contributed by atoms with van der Waals surface area (Å²) in [5, 5.41) is 2.37. The van der Waals surface area contributed by atoms with Crippen molar-refractivity contribution in [2.75, 3.05) is 6.54 Å². The highest BCUT2D eigenvalue weighted by molar-refractivity contribution is 5.96. The van der Waals surface area contributed by atoms with E-state index < -0.39 is 29.7 Å². The molecule has 17 heavy (non-hydrogen) atoms. The van der Waals surface area contributed by atoms with Crippen LogP contribution in [0.15, 0.2) is 0 Å².